The molecule has 17 heavy (non-hydrogen) atoms. The van der Waals surface area contributed by atoms with Crippen molar-refractivity contribution in [3.8, 4) is 11.8 Å². The van der Waals surface area contributed by atoms with E-state index in [4.69, 9.17) is 10.7 Å². The molecule has 5 nitrogen and oxygen atoms in total. The van der Waals surface area contributed by atoms with E-state index in [1.165, 1.54) is 7.11 Å². The molecule has 0 N–H and O–H groups in total. The maximum atomic E-state index is 12.8. The molecule has 0 aliphatic carbocycles. The van der Waals surface area contributed by atoms with Crippen molar-refractivity contribution < 1.29 is 26.7 Å². The van der Waals surface area contributed by atoms with Gasteiger partial charge in [0, 0.05) is 16.7 Å². The molecular formula is C8H8ClF2NO4S. The summed E-state index contributed by atoms with van der Waals surface area (Å²) in [4.78, 5) is 2.78. The summed E-state index contributed by atoms with van der Waals surface area (Å²) in [7, 11) is 3.00. The Morgan fingerprint density at radius 1 is 1.35 bits per heavy atom. The van der Waals surface area contributed by atoms with Gasteiger partial charge < -0.3 is 9.47 Å². The van der Waals surface area contributed by atoms with E-state index in [1.54, 1.807) is 0 Å². The zero-order valence-corrected chi connectivity index (χ0v) is 10.3. The Hall–Kier alpha value is -1.15. The van der Waals surface area contributed by atoms with Gasteiger partial charge in [0.2, 0.25) is 11.8 Å². The predicted octanol–water partition coefficient (Wildman–Crippen LogP) is 1.96. The number of methoxy groups -OCH3 is 2. The van der Waals surface area contributed by atoms with Crippen molar-refractivity contribution >= 4 is 19.7 Å². The molecule has 0 bridgehead atoms. The Balaban J connectivity index is 3.64. The molecule has 0 unspecified atom stereocenters. The van der Waals surface area contributed by atoms with Crippen LogP contribution in [0, 0.1) is 0 Å². The van der Waals surface area contributed by atoms with Crippen LogP contribution in [0.4, 0.5) is 8.78 Å². The maximum Gasteiger partial charge on any atom is 0.270 e. The van der Waals surface area contributed by atoms with Crippen LogP contribution in [0.1, 0.15) is 12.0 Å². The van der Waals surface area contributed by atoms with Gasteiger partial charge in [-0.15, -0.1) is 0 Å². The van der Waals surface area contributed by atoms with Crippen molar-refractivity contribution in [2.45, 2.75) is 11.3 Å². The second-order valence-electron chi connectivity index (χ2n) is 2.82. The van der Waals surface area contributed by atoms with Gasteiger partial charge in [-0.2, -0.15) is 4.98 Å². The molecule has 0 aliphatic heterocycles. The van der Waals surface area contributed by atoms with E-state index in [9.17, 15) is 17.2 Å². The van der Waals surface area contributed by atoms with E-state index in [-0.39, 0.29) is 5.88 Å². The molecule has 0 aromatic carbocycles. The minimum absolute atomic E-state index is 0.189. The SMILES string of the molecule is COc1cc(S(=O)(=O)Cl)c(C(F)F)c(OC)n1. The second-order valence-corrected chi connectivity index (χ2v) is 5.36. The van der Waals surface area contributed by atoms with Crippen LogP contribution in [-0.4, -0.2) is 27.6 Å². The number of nitrogens with zero attached hydrogens (tertiary/aromatic N) is 1. The Labute approximate surface area is 101 Å². The third-order valence-electron chi connectivity index (χ3n) is 1.85. The lowest BCUT2D eigenvalue weighted by Gasteiger charge is -2.11. The molecule has 96 valence electrons. The van der Waals surface area contributed by atoms with E-state index < -0.39 is 31.8 Å². The smallest absolute Gasteiger partial charge is 0.270 e. The van der Waals surface area contributed by atoms with Crippen LogP contribution < -0.4 is 9.47 Å². The fourth-order valence-corrected chi connectivity index (χ4v) is 2.21. The average Bonchev–Trinajstić information content (AvgIpc) is 2.25. The number of hydrogen-bond acceptors (Lipinski definition) is 5. The zero-order chi connectivity index (χ0) is 13.2. The molecule has 1 heterocycles. The number of rotatable bonds is 4. The van der Waals surface area contributed by atoms with Crippen LogP contribution in [0.15, 0.2) is 11.0 Å². The first-order valence-electron chi connectivity index (χ1n) is 4.17. The van der Waals surface area contributed by atoms with Gasteiger partial charge in [-0.25, -0.2) is 17.2 Å². The summed E-state index contributed by atoms with van der Waals surface area (Å²) in [6.45, 7) is 0. The van der Waals surface area contributed by atoms with E-state index in [1.807, 2.05) is 0 Å². The predicted molar refractivity (Wildman–Crippen MR) is 55.3 cm³/mol. The first-order valence-corrected chi connectivity index (χ1v) is 6.48. The van der Waals surface area contributed by atoms with Crippen molar-refractivity contribution in [3.05, 3.63) is 11.6 Å². The van der Waals surface area contributed by atoms with Crippen LogP contribution in [0.3, 0.4) is 0 Å². The molecule has 9 heteroatoms. The third-order valence-corrected chi connectivity index (χ3v) is 3.21. The van der Waals surface area contributed by atoms with Crippen LogP contribution in [0.5, 0.6) is 11.8 Å². The summed E-state index contributed by atoms with van der Waals surface area (Å²) in [6.07, 6.45) is -3.09. The number of pyridine rings is 1. The van der Waals surface area contributed by atoms with Crippen molar-refractivity contribution in [1.29, 1.82) is 0 Å². The average molecular weight is 288 g/mol. The van der Waals surface area contributed by atoms with Gasteiger partial charge in [0.15, 0.2) is 0 Å². The van der Waals surface area contributed by atoms with Crippen molar-refractivity contribution in [1.82, 2.24) is 4.98 Å². The summed E-state index contributed by atoms with van der Waals surface area (Å²) in [6, 6.07) is 0.812. The van der Waals surface area contributed by atoms with Gasteiger partial charge in [-0.05, 0) is 0 Å². The second kappa shape index (κ2) is 5.01. The van der Waals surface area contributed by atoms with Gasteiger partial charge in [0.05, 0.1) is 14.2 Å². The summed E-state index contributed by atoms with van der Waals surface area (Å²) in [5.41, 5.74) is -0.886. The molecular weight excluding hydrogens is 280 g/mol. The molecule has 0 amide bonds. The van der Waals surface area contributed by atoms with Crippen LogP contribution in [-0.2, 0) is 9.05 Å². The van der Waals surface area contributed by atoms with Crippen molar-refractivity contribution in [3.63, 3.8) is 0 Å². The van der Waals surface area contributed by atoms with Gasteiger partial charge >= 0.3 is 0 Å². The number of ether oxygens (including phenoxy) is 2. The Morgan fingerprint density at radius 2 is 1.94 bits per heavy atom. The van der Waals surface area contributed by atoms with Gasteiger partial charge in [-0.3, -0.25) is 0 Å². The Bertz CT molecular complexity index is 521. The lowest BCUT2D eigenvalue weighted by atomic mass is 10.3. The normalized spacial score (nSPS) is 11.6. The highest BCUT2D eigenvalue weighted by atomic mass is 35.7. The maximum absolute atomic E-state index is 12.8. The summed E-state index contributed by atoms with van der Waals surface area (Å²) < 4.78 is 57.1. The molecule has 0 aliphatic rings. The largest absolute Gasteiger partial charge is 0.481 e. The summed E-state index contributed by atoms with van der Waals surface area (Å²) >= 11 is 0. The Morgan fingerprint density at radius 3 is 2.29 bits per heavy atom. The van der Waals surface area contributed by atoms with Crippen LogP contribution in [0.2, 0.25) is 0 Å². The fourth-order valence-electron chi connectivity index (χ4n) is 1.15. The minimum Gasteiger partial charge on any atom is -0.481 e. The van der Waals surface area contributed by atoms with E-state index in [0.717, 1.165) is 13.2 Å². The van der Waals surface area contributed by atoms with E-state index >= 15 is 0 Å². The highest BCUT2D eigenvalue weighted by molar-refractivity contribution is 8.13. The Kier molecular flexibility index (Phi) is 4.10. The van der Waals surface area contributed by atoms with Gasteiger partial charge in [0.25, 0.3) is 15.5 Å². The standard InChI is InChI=1S/C8H8ClF2NO4S/c1-15-5-3-4(17(9,13)14)6(7(10)11)8(12-5)16-2/h3,7H,1-2H3. The topological polar surface area (TPSA) is 65.5 Å². The van der Waals surface area contributed by atoms with Gasteiger partial charge in [-0.1, -0.05) is 0 Å². The summed E-state index contributed by atoms with van der Waals surface area (Å²) in [5.74, 6) is -0.732. The number of hydrogen-bond donors (Lipinski definition) is 0. The minimum atomic E-state index is -4.35. The highest BCUT2D eigenvalue weighted by Crippen LogP contribution is 2.36. The zero-order valence-electron chi connectivity index (χ0n) is 8.78. The molecule has 0 radical (unpaired) electrons. The molecule has 1 aromatic rings. The molecule has 0 saturated carbocycles. The first-order chi connectivity index (χ1) is 7.81. The lowest BCUT2D eigenvalue weighted by Crippen LogP contribution is -2.05. The van der Waals surface area contributed by atoms with Crippen LogP contribution >= 0.6 is 10.7 Å². The molecule has 0 atom stereocenters. The van der Waals surface area contributed by atoms with Crippen molar-refractivity contribution in [2.75, 3.05) is 14.2 Å². The van der Waals surface area contributed by atoms with E-state index in [2.05, 4.69) is 14.5 Å². The highest BCUT2D eigenvalue weighted by Gasteiger charge is 2.28. The quantitative estimate of drug-likeness (QED) is 0.792. The molecule has 0 fully saturated rings. The molecule has 0 saturated heterocycles. The summed E-state index contributed by atoms with van der Waals surface area (Å²) in [5, 5.41) is 0. The van der Waals surface area contributed by atoms with E-state index in [0.29, 0.717) is 0 Å². The van der Waals surface area contributed by atoms with Gasteiger partial charge in [0.1, 0.15) is 10.5 Å². The monoisotopic (exact) mass is 287 g/mol. The molecule has 0 spiro atoms. The lowest BCUT2D eigenvalue weighted by molar-refractivity contribution is 0.142. The number of alkyl halides is 2. The molecule has 1 aromatic heterocycles. The number of halogens is 3. The fraction of sp³-hybridized carbons (Fsp3) is 0.375. The third kappa shape index (κ3) is 2.95. The number of aromatic nitrogens is 1. The van der Waals surface area contributed by atoms with Crippen LogP contribution in [0.25, 0.3) is 0 Å². The van der Waals surface area contributed by atoms with Crippen molar-refractivity contribution in [2.24, 2.45) is 0 Å². The first kappa shape index (κ1) is 13.9. The molecule has 1 rings (SSSR count).